The van der Waals surface area contributed by atoms with E-state index in [0.29, 0.717) is 11.6 Å². The molecular weight excluding hydrogens is 341 g/mol. The number of carbonyl (C=O) groups excluding carboxylic acids is 1. The first-order chi connectivity index (χ1) is 12.1. The van der Waals surface area contributed by atoms with Crippen LogP contribution in [0, 0.1) is 5.82 Å². The smallest absolute Gasteiger partial charge is 0.305 e. The monoisotopic (exact) mass is 367 g/mol. The Morgan fingerprint density at radius 3 is 2.52 bits per heavy atom. The molecule has 0 spiro atoms. The molecule has 6 heteroatoms. The Morgan fingerprint density at radius 2 is 1.84 bits per heavy atom. The molecule has 0 radical (unpaired) electrons. The zero-order valence-electron chi connectivity index (χ0n) is 14.7. The van der Waals surface area contributed by atoms with Crippen molar-refractivity contribution in [3.8, 4) is 0 Å². The van der Waals surface area contributed by atoms with Gasteiger partial charge in [0.1, 0.15) is 11.9 Å². The molecule has 0 saturated carbocycles. The molecule has 1 fully saturated rings. The number of carbonyl (C=O) groups is 1. The van der Waals surface area contributed by atoms with E-state index in [0.717, 1.165) is 50.8 Å². The second-order valence-corrected chi connectivity index (χ2v) is 6.68. The first kappa shape index (κ1) is 19.6. The van der Waals surface area contributed by atoms with E-state index in [-0.39, 0.29) is 17.9 Å². The minimum Gasteiger partial charge on any atom is -0.469 e. The van der Waals surface area contributed by atoms with Crippen molar-refractivity contribution in [3.05, 3.63) is 30.1 Å². The molecular formula is C19H26FNO3S. The number of hydrogen-bond acceptors (Lipinski definition) is 4. The summed E-state index contributed by atoms with van der Waals surface area (Å²) in [5.74, 6) is -0.377. The van der Waals surface area contributed by atoms with Crippen molar-refractivity contribution in [2.75, 3.05) is 18.6 Å². The van der Waals surface area contributed by atoms with Gasteiger partial charge < -0.3 is 9.47 Å². The quantitative estimate of drug-likeness (QED) is 0.343. The maximum absolute atomic E-state index is 13.0. The normalized spacial score (nSPS) is 16.8. The third-order valence-electron chi connectivity index (χ3n) is 4.40. The molecule has 0 bridgehead atoms. The molecule has 0 amide bonds. The number of unbranched alkanes of at least 4 members (excludes halogenated alkanes) is 5. The lowest BCUT2D eigenvalue weighted by atomic mass is 10.1. The summed E-state index contributed by atoms with van der Waals surface area (Å²) >= 11 is 5.29. The predicted molar refractivity (Wildman–Crippen MR) is 100 cm³/mol. The Hall–Kier alpha value is -1.69. The molecule has 2 rings (SSSR count). The first-order valence-electron chi connectivity index (χ1n) is 8.90. The van der Waals surface area contributed by atoms with Gasteiger partial charge in [-0.05, 0) is 55.7 Å². The number of hydrogen-bond donors (Lipinski definition) is 0. The summed E-state index contributed by atoms with van der Waals surface area (Å²) in [5, 5.41) is 0.472. The minimum atomic E-state index is -0.252. The summed E-state index contributed by atoms with van der Waals surface area (Å²) in [7, 11) is 1.43. The third kappa shape index (κ3) is 6.61. The molecule has 1 heterocycles. The number of benzene rings is 1. The molecule has 1 aliphatic heterocycles. The number of nitrogens with zero attached hydrogens (tertiary/aromatic N) is 1. The molecule has 1 unspecified atom stereocenters. The zero-order chi connectivity index (χ0) is 18.1. The number of halogens is 1. The molecule has 138 valence electrons. The fourth-order valence-corrected chi connectivity index (χ4v) is 3.27. The van der Waals surface area contributed by atoms with Gasteiger partial charge in [0.25, 0.3) is 5.17 Å². The highest BCUT2D eigenvalue weighted by Gasteiger charge is 2.28. The maximum atomic E-state index is 13.0. The standard InChI is InChI=1S/C19H26FNO3S/c1-23-18(22)9-7-5-3-2-4-6-8-17-14-21(19(25)24-17)16-12-10-15(20)11-13-16/h10-13,17H,2-9,14H2,1H3. The summed E-state index contributed by atoms with van der Waals surface area (Å²) in [6, 6.07) is 6.32. The lowest BCUT2D eigenvalue weighted by Crippen LogP contribution is -2.24. The van der Waals surface area contributed by atoms with Gasteiger partial charge in [-0.2, -0.15) is 0 Å². The lowest BCUT2D eigenvalue weighted by molar-refractivity contribution is -0.140. The number of anilines is 1. The molecule has 1 aliphatic rings. The van der Waals surface area contributed by atoms with Gasteiger partial charge in [0.15, 0.2) is 0 Å². The van der Waals surface area contributed by atoms with E-state index in [1.165, 1.54) is 25.7 Å². The van der Waals surface area contributed by atoms with Crippen molar-refractivity contribution in [2.45, 2.75) is 57.5 Å². The second-order valence-electron chi connectivity index (χ2n) is 6.33. The number of ether oxygens (including phenoxy) is 2. The van der Waals surface area contributed by atoms with Crippen molar-refractivity contribution in [1.29, 1.82) is 0 Å². The van der Waals surface area contributed by atoms with E-state index in [1.807, 2.05) is 4.90 Å². The van der Waals surface area contributed by atoms with E-state index in [1.54, 1.807) is 12.1 Å². The van der Waals surface area contributed by atoms with Crippen LogP contribution in [0.5, 0.6) is 0 Å². The molecule has 0 aliphatic carbocycles. The topological polar surface area (TPSA) is 38.8 Å². The van der Waals surface area contributed by atoms with Gasteiger partial charge in [-0.1, -0.05) is 25.7 Å². The van der Waals surface area contributed by atoms with Crippen LogP contribution in [-0.2, 0) is 14.3 Å². The van der Waals surface area contributed by atoms with Crippen LogP contribution in [0.1, 0.15) is 51.4 Å². The van der Waals surface area contributed by atoms with Gasteiger partial charge in [0.2, 0.25) is 0 Å². The summed E-state index contributed by atoms with van der Waals surface area (Å²) in [5.41, 5.74) is 0.875. The average molecular weight is 367 g/mol. The predicted octanol–water partition coefficient (Wildman–Crippen LogP) is 4.61. The highest BCUT2D eigenvalue weighted by atomic mass is 32.1. The van der Waals surface area contributed by atoms with Crippen LogP contribution in [0.3, 0.4) is 0 Å². The SMILES string of the molecule is COC(=O)CCCCCCCCC1CN(c2ccc(F)cc2)C(=S)O1. The van der Waals surface area contributed by atoms with E-state index < -0.39 is 0 Å². The maximum Gasteiger partial charge on any atom is 0.305 e. The van der Waals surface area contributed by atoms with Crippen LogP contribution in [0.2, 0.25) is 0 Å². The van der Waals surface area contributed by atoms with Gasteiger partial charge in [0.05, 0.1) is 13.7 Å². The van der Waals surface area contributed by atoms with Crippen LogP contribution in [0.15, 0.2) is 24.3 Å². The van der Waals surface area contributed by atoms with Crippen LogP contribution < -0.4 is 4.90 Å². The Labute approximate surface area is 154 Å². The Balaban J connectivity index is 1.57. The third-order valence-corrected chi connectivity index (χ3v) is 4.71. The second kappa shape index (κ2) is 10.3. The minimum absolute atomic E-state index is 0.108. The van der Waals surface area contributed by atoms with Crippen molar-refractivity contribution in [2.24, 2.45) is 0 Å². The largest absolute Gasteiger partial charge is 0.469 e. The van der Waals surface area contributed by atoms with Gasteiger partial charge in [0, 0.05) is 12.1 Å². The van der Waals surface area contributed by atoms with E-state index in [2.05, 4.69) is 4.74 Å². The highest BCUT2D eigenvalue weighted by Crippen LogP contribution is 2.24. The summed E-state index contributed by atoms with van der Waals surface area (Å²) in [6.45, 7) is 0.726. The van der Waals surface area contributed by atoms with Gasteiger partial charge in [-0.15, -0.1) is 0 Å². The van der Waals surface area contributed by atoms with Crippen LogP contribution >= 0.6 is 12.2 Å². The van der Waals surface area contributed by atoms with E-state index >= 15 is 0 Å². The fourth-order valence-electron chi connectivity index (χ4n) is 2.95. The van der Waals surface area contributed by atoms with Crippen molar-refractivity contribution < 1.29 is 18.7 Å². The van der Waals surface area contributed by atoms with Crippen molar-refractivity contribution in [1.82, 2.24) is 0 Å². The molecule has 1 aromatic rings. The molecule has 1 aromatic carbocycles. The number of thiocarbonyl (C=S) groups is 1. The first-order valence-corrected chi connectivity index (χ1v) is 9.31. The van der Waals surface area contributed by atoms with Gasteiger partial charge in [-0.3, -0.25) is 9.69 Å². The highest BCUT2D eigenvalue weighted by molar-refractivity contribution is 7.80. The molecule has 1 atom stereocenters. The van der Waals surface area contributed by atoms with E-state index in [9.17, 15) is 9.18 Å². The molecule has 4 nitrogen and oxygen atoms in total. The Bertz CT molecular complexity index is 564. The van der Waals surface area contributed by atoms with Crippen LogP contribution in [0.25, 0.3) is 0 Å². The molecule has 0 aromatic heterocycles. The lowest BCUT2D eigenvalue weighted by Gasteiger charge is -2.14. The van der Waals surface area contributed by atoms with Crippen LogP contribution in [-0.4, -0.2) is 30.9 Å². The molecule has 25 heavy (non-hydrogen) atoms. The average Bonchev–Trinajstić information content (AvgIpc) is 2.98. The summed E-state index contributed by atoms with van der Waals surface area (Å²) in [4.78, 5) is 12.9. The van der Waals surface area contributed by atoms with Gasteiger partial charge in [-0.25, -0.2) is 4.39 Å². The summed E-state index contributed by atoms with van der Waals surface area (Å²) in [6.07, 6.45) is 8.13. The van der Waals surface area contributed by atoms with E-state index in [4.69, 9.17) is 17.0 Å². The van der Waals surface area contributed by atoms with Gasteiger partial charge >= 0.3 is 5.97 Å². The zero-order valence-corrected chi connectivity index (χ0v) is 15.5. The Kier molecular flexibility index (Phi) is 8.12. The molecule has 1 saturated heterocycles. The van der Waals surface area contributed by atoms with Crippen molar-refractivity contribution >= 4 is 29.0 Å². The summed E-state index contributed by atoms with van der Waals surface area (Å²) < 4.78 is 23.4. The van der Waals surface area contributed by atoms with Crippen LogP contribution in [0.4, 0.5) is 10.1 Å². The number of methoxy groups -OCH3 is 1. The fraction of sp³-hybridized carbons (Fsp3) is 0.579. The van der Waals surface area contributed by atoms with Crippen molar-refractivity contribution in [3.63, 3.8) is 0 Å². The Morgan fingerprint density at radius 1 is 1.20 bits per heavy atom. The number of rotatable bonds is 10. The number of esters is 1. The molecule has 0 N–H and O–H groups in total.